The van der Waals surface area contributed by atoms with Gasteiger partial charge in [0.15, 0.2) is 0 Å². The van der Waals surface area contributed by atoms with Gasteiger partial charge in [-0.25, -0.2) is 10.2 Å². The predicted molar refractivity (Wildman–Crippen MR) is 97.5 cm³/mol. The van der Waals surface area contributed by atoms with Crippen molar-refractivity contribution < 1.29 is 9.53 Å². The number of methoxy groups -OCH3 is 1. The van der Waals surface area contributed by atoms with E-state index in [0.717, 1.165) is 45.0 Å². The summed E-state index contributed by atoms with van der Waals surface area (Å²) in [5.41, 5.74) is 7.98. The van der Waals surface area contributed by atoms with E-state index < -0.39 is 0 Å². The lowest BCUT2D eigenvalue weighted by molar-refractivity contribution is 0.113. The largest absolute Gasteiger partial charge is 0.497 e. The molecule has 7 heteroatoms. The molecule has 2 saturated heterocycles. The second kappa shape index (κ2) is 8.03. The van der Waals surface area contributed by atoms with Crippen molar-refractivity contribution >= 4 is 6.03 Å². The van der Waals surface area contributed by atoms with Crippen LogP contribution in [0.3, 0.4) is 0 Å². The van der Waals surface area contributed by atoms with Crippen LogP contribution in [0.5, 0.6) is 5.75 Å². The second-order valence-corrected chi connectivity index (χ2v) is 7.00. The second-order valence-electron chi connectivity index (χ2n) is 7.00. The van der Waals surface area contributed by atoms with Crippen LogP contribution in [0.2, 0.25) is 0 Å². The molecule has 2 N–H and O–H groups in total. The van der Waals surface area contributed by atoms with Crippen LogP contribution in [0.25, 0.3) is 0 Å². The number of benzene rings is 1. The number of hydrogen-bond acceptors (Lipinski definition) is 5. The fourth-order valence-electron chi connectivity index (χ4n) is 3.61. The van der Waals surface area contributed by atoms with E-state index in [9.17, 15) is 4.79 Å². The minimum atomic E-state index is 0.111. The molecule has 1 aromatic rings. The molecule has 0 aliphatic carbocycles. The summed E-state index contributed by atoms with van der Waals surface area (Å²) in [7, 11) is 5.31. The van der Waals surface area contributed by atoms with Gasteiger partial charge in [0.2, 0.25) is 0 Å². The topological polar surface area (TPSA) is 60.1 Å². The number of piperazine rings is 1. The SMILES string of the molecule is COc1ccc(C2NNCC2CN2CCN(C(=O)N(C)C)CC2)cc1. The van der Waals surface area contributed by atoms with Crippen molar-refractivity contribution in [3.05, 3.63) is 29.8 Å². The molecule has 1 aromatic carbocycles. The maximum absolute atomic E-state index is 12.0. The molecular formula is C18H29N5O2. The number of hydrogen-bond donors (Lipinski definition) is 2. The van der Waals surface area contributed by atoms with E-state index in [1.807, 2.05) is 31.1 Å². The monoisotopic (exact) mass is 347 g/mol. The number of urea groups is 1. The van der Waals surface area contributed by atoms with Gasteiger partial charge in [0, 0.05) is 59.3 Å². The van der Waals surface area contributed by atoms with Crippen molar-refractivity contribution in [3.63, 3.8) is 0 Å². The third-order valence-electron chi connectivity index (χ3n) is 5.09. The van der Waals surface area contributed by atoms with E-state index in [0.29, 0.717) is 12.0 Å². The highest BCUT2D eigenvalue weighted by Gasteiger charge is 2.31. The number of carbonyl (C=O) groups excluding carboxylic acids is 1. The van der Waals surface area contributed by atoms with Crippen LogP contribution >= 0.6 is 0 Å². The van der Waals surface area contributed by atoms with E-state index in [4.69, 9.17) is 4.74 Å². The average Bonchev–Trinajstić information content (AvgIpc) is 3.10. The van der Waals surface area contributed by atoms with Crippen LogP contribution < -0.4 is 15.6 Å². The first-order valence-electron chi connectivity index (χ1n) is 8.89. The summed E-state index contributed by atoms with van der Waals surface area (Å²) in [6.07, 6.45) is 0. The Morgan fingerprint density at radius 1 is 1.20 bits per heavy atom. The lowest BCUT2D eigenvalue weighted by Gasteiger charge is -2.37. The summed E-state index contributed by atoms with van der Waals surface area (Å²) >= 11 is 0. The molecule has 2 aliphatic rings. The fourth-order valence-corrected chi connectivity index (χ4v) is 3.61. The molecule has 0 bridgehead atoms. The molecule has 3 rings (SSSR count). The molecule has 0 saturated carbocycles. The van der Waals surface area contributed by atoms with Gasteiger partial charge in [-0.05, 0) is 17.7 Å². The zero-order valence-electron chi connectivity index (χ0n) is 15.4. The predicted octanol–water partition coefficient (Wildman–Crippen LogP) is 0.760. The first-order valence-corrected chi connectivity index (χ1v) is 8.89. The van der Waals surface area contributed by atoms with E-state index in [2.05, 4.69) is 27.9 Å². The summed E-state index contributed by atoms with van der Waals surface area (Å²) in [6.45, 7) is 5.46. The summed E-state index contributed by atoms with van der Waals surface area (Å²) in [5.74, 6) is 1.39. The van der Waals surface area contributed by atoms with Gasteiger partial charge >= 0.3 is 6.03 Å². The van der Waals surface area contributed by atoms with Crippen molar-refractivity contribution in [1.29, 1.82) is 0 Å². The third kappa shape index (κ3) is 4.23. The number of carbonyl (C=O) groups is 1. The normalized spacial score (nSPS) is 24.4. The number of rotatable bonds is 4. The standard InChI is InChI=1S/C18H29N5O2/c1-21(2)18(24)23-10-8-22(9-11-23)13-15-12-19-20-17(15)14-4-6-16(25-3)7-5-14/h4-7,15,17,19-20H,8-13H2,1-3H3. The maximum atomic E-state index is 12.0. The van der Waals surface area contributed by atoms with Crippen molar-refractivity contribution in [2.75, 3.05) is 60.5 Å². The van der Waals surface area contributed by atoms with Crippen LogP contribution in [0.1, 0.15) is 11.6 Å². The highest BCUT2D eigenvalue weighted by atomic mass is 16.5. The smallest absolute Gasteiger partial charge is 0.319 e. The number of nitrogens with one attached hydrogen (secondary N) is 2. The molecule has 2 atom stereocenters. The molecule has 0 radical (unpaired) electrons. The molecule has 2 fully saturated rings. The molecule has 2 amide bonds. The van der Waals surface area contributed by atoms with Crippen molar-refractivity contribution in [2.45, 2.75) is 6.04 Å². The Labute approximate surface area is 149 Å². The van der Waals surface area contributed by atoms with Gasteiger partial charge in [0.05, 0.1) is 13.2 Å². The number of nitrogens with zero attached hydrogens (tertiary/aromatic N) is 3. The molecule has 0 spiro atoms. The summed E-state index contributed by atoms with van der Waals surface area (Å²) in [6, 6.07) is 8.69. The van der Waals surface area contributed by atoms with Gasteiger partial charge < -0.3 is 14.5 Å². The zero-order chi connectivity index (χ0) is 17.8. The van der Waals surface area contributed by atoms with E-state index >= 15 is 0 Å². The molecular weight excluding hydrogens is 318 g/mol. The number of amides is 2. The van der Waals surface area contributed by atoms with E-state index in [1.54, 1.807) is 12.0 Å². The maximum Gasteiger partial charge on any atom is 0.319 e. The van der Waals surface area contributed by atoms with Gasteiger partial charge in [0.1, 0.15) is 5.75 Å². The lowest BCUT2D eigenvalue weighted by Crippen LogP contribution is -2.52. The highest BCUT2D eigenvalue weighted by Crippen LogP contribution is 2.27. The van der Waals surface area contributed by atoms with Crippen LogP contribution in [0.4, 0.5) is 4.79 Å². The number of ether oxygens (including phenoxy) is 1. The molecule has 2 heterocycles. The fraction of sp³-hybridized carbons (Fsp3) is 0.611. The molecule has 0 aromatic heterocycles. The lowest BCUT2D eigenvalue weighted by atomic mass is 9.94. The Hall–Kier alpha value is -1.83. The Kier molecular flexibility index (Phi) is 5.78. The molecule has 25 heavy (non-hydrogen) atoms. The first-order chi connectivity index (χ1) is 12.1. The van der Waals surface area contributed by atoms with Crippen molar-refractivity contribution in [2.24, 2.45) is 5.92 Å². The van der Waals surface area contributed by atoms with Gasteiger partial charge in [0.25, 0.3) is 0 Å². The summed E-state index contributed by atoms with van der Waals surface area (Å²) in [5, 5.41) is 0. The van der Waals surface area contributed by atoms with Crippen LogP contribution in [0, 0.1) is 5.92 Å². The molecule has 138 valence electrons. The Balaban J connectivity index is 1.54. The quantitative estimate of drug-likeness (QED) is 0.842. The Morgan fingerprint density at radius 2 is 1.88 bits per heavy atom. The van der Waals surface area contributed by atoms with Gasteiger partial charge in [-0.2, -0.15) is 0 Å². The number of hydrazine groups is 1. The van der Waals surface area contributed by atoms with Gasteiger partial charge in [-0.3, -0.25) is 10.3 Å². The van der Waals surface area contributed by atoms with Gasteiger partial charge in [-0.1, -0.05) is 12.1 Å². The van der Waals surface area contributed by atoms with Crippen LogP contribution in [-0.2, 0) is 0 Å². The van der Waals surface area contributed by atoms with Gasteiger partial charge in [-0.15, -0.1) is 0 Å². The minimum absolute atomic E-state index is 0.111. The molecule has 2 unspecified atom stereocenters. The van der Waals surface area contributed by atoms with E-state index in [-0.39, 0.29) is 6.03 Å². The first kappa shape index (κ1) is 18.0. The Morgan fingerprint density at radius 3 is 2.48 bits per heavy atom. The van der Waals surface area contributed by atoms with Crippen molar-refractivity contribution in [3.8, 4) is 5.75 Å². The molecule has 7 nitrogen and oxygen atoms in total. The van der Waals surface area contributed by atoms with E-state index in [1.165, 1.54) is 5.56 Å². The van der Waals surface area contributed by atoms with Crippen molar-refractivity contribution in [1.82, 2.24) is 25.6 Å². The zero-order valence-corrected chi connectivity index (χ0v) is 15.4. The van der Waals surface area contributed by atoms with Crippen LogP contribution in [0.15, 0.2) is 24.3 Å². The molecule has 2 aliphatic heterocycles. The summed E-state index contributed by atoms with van der Waals surface area (Å²) < 4.78 is 5.25. The highest BCUT2D eigenvalue weighted by molar-refractivity contribution is 5.73. The Bertz CT molecular complexity index is 569. The average molecular weight is 347 g/mol. The van der Waals surface area contributed by atoms with Crippen LogP contribution in [-0.4, -0.2) is 81.2 Å². The third-order valence-corrected chi connectivity index (χ3v) is 5.09. The summed E-state index contributed by atoms with van der Waals surface area (Å²) in [4.78, 5) is 18.1. The minimum Gasteiger partial charge on any atom is -0.497 e.